The summed E-state index contributed by atoms with van der Waals surface area (Å²) in [5.41, 5.74) is 6.19. The minimum absolute atomic E-state index is 0.316. The van der Waals surface area contributed by atoms with E-state index in [0.29, 0.717) is 27.4 Å². The lowest BCUT2D eigenvalue weighted by Gasteiger charge is -2.05. The van der Waals surface area contributed by atoms with Gasteiger partial charge in [-0.15, -0.1) is 11.3 Å². The van der Waals surface area contributed by atoms with Gasteiger partial charge in [0.05, 0.1) is 16.0 Å². The number of rotatable bonds is 2. The highest BCUT2D eigenvalue weighted by molar-refractivity contribution is 7.13. The molecule has 3 aromatic rings. The Hall–Kier alpha value is -1.98. The zero-order valence-electron chi connectivity index (χ0n) is 9.63. The van der Waals surface area contributed by atoms with Crippen LogP contribution in [0.2, 0.25) is 5.15 Å². The number of nitrogens with zero attached hydrogens (tertiary/aromatic N) is 2. The van der Waals surface area contributed by atoms with Crippen LogP contribution in [0.1, 0.15) is 10.4 Å². The number of thiophene rings is 1. The molecule has 94 valence electrons. The predicted octanol–water partition coefficient (Wildman–Crippen LogP) is 3.11. The van der Waals surface area contributed by atoms with Gasteiger partial charge in [-0.05, 0) is 23.6 Å². The SMILES string of the molecule is NC(=O)c1cccc2c(Cl)nc(-c3cccs3)nc12. The third-order valence-corrected chi connectivity index (χ3v) is 3.84. The number of hydrogen-bond acceptors (Lipinski definition) is 4. The number of para-hydroxylation sites is 1. The number of aromatic nitrogens is 2. The first-order valence-electron chi connectivity index (χ1n) is 5.47. The van der Waals surface area contributed by atoms with E-state index in [2.05, 4.69) is 9.97 Å². The fraction of sp³-hybridized carbons (Fsp3) is 0. The molecule has 0 unspecified atom stereocenters. The van der Waals surface area contributed by atoms with Gasteiger partial charge in [0.25, 0.3) is 5.91 Å². The molecule has 2 N–H and O–H groups in total. The maximum atomic E-state index is 11.4. The first-order valence-corrected chi connectivity index (χ1v) is 6.72. The van der Waals surface area contributed by atoms with Gasteiger partial charge in [0.2, 0.25) is 0 Å². The van der Waals surface area contributed by atoms with Crippen molar-refractivity contribution in [2.45, 2.75) is 0 Å². The van der Waals surface area contributed by atoms with E-state index in [0.717, 1.165) is 4.88 Å². The van der Waals surface area contributed by atoms with Crippen LogP contribution in [-0.2, 0) is 0 Å². The summed E-state index contributed by atoms with van der Waals surface area (Å²) in [5, 5.41) is 2.87. The highest BCUT2D eigenvalue weighted by Crippen LogP contribution is 2.28. The number of hydrogen-bond donors (Lipinski definition) is 1. The van der Waals surface area contributed by atoms with Gasteiger partial charge in [-0.3, -0.25) is 4.79 Å². The molecule has 3 rings (SSSR count). The van der Waals surface area contributed by atoms with Crippen molar-refractivity contribution in [3.8, 4) is 10.7 Å². The summed E-state index contributed by atoms with van der Waals surface area (Å²) in [7, 11) is 0. The number of carbonyl (C=O) groups is 1. The van der Waals surface area contributed by atoms with Crippen LogP contribution in [0, 0.1) is 0 Å². The fourth-order valence-electron chi connectivity index (χ4n) is 1.83. The van der Waals surface area contributed by atoms with Crippen molar-refractivity contribution in [2.24, 2.45) is 5.73 Å². The van der Waals surface area contributed by atoms with Crippen molar-refractivity contribution in [3.05, 3.63) is 46.4 Å². The molecule has 0 spiro atoms. The highest BCUT2D eigenvalue weighted by Gasteiger charge is 2.13. The van der Waals surface area contributed by atoms with Crippen LogP contribution < -0.4 is 5.73 Å². The van der Waals surface area contributed by atoms with E-state index in [1.807, 2.05) is 17.5 Å². The molecular formula is C13H8ClN3OS. The number of nitrogens with two attached hydrogens (primary N) is 1. The lowest BCUT2D eigenvalue weighted by molar-refractivity contribution is 0.100. The summed E-state index contributed by atoms with van der Waals surface area (Å²) in [6.45, 7) is 0. The molecule has 19 heavy (non-hydrogen) atoms. The smallest absolute Gasteiger partial charge is 0.250 e. The zero-order chi connectivity index (χ0) is 13.4. The van der Waals surface area contributed by atoms with E-state index in [1.165, 1.54) is 11.3 Å². The van der Waals surface area contributed by atoms with E-state index in [-0.39, 0.29) is 0 Å². The Bertz CT molecular complexity index is 771. The number of benzene rings is 1. The van der Waals surface area contributed by atoms with Crippen molar-refractivity contribution in [3.63, 3.8) is 0 Å². The molecule has 2 aromatic heterocycles. The first-order chi connectivity index (χ1) is 9.16. The Kier molecular flexibility index (Phi) is 2.93. The summed E-state index contributed by atoms with van der Waals surface area (Å²) >= 11 is 7.66. The van der Waals surface area contributed by atoms with Gasteiger partial charge in [-0.2, -0.15) is 0 Å². The van der Waals surface area contributed by atoms with Crippen molar-refractivity contribution in [1.29, 1.82) is 0 Å². The van der Waals surface area contributed by atoms with E-state index < -0.39 is 5.91 Å². The van der Waals surface area contributed by atoms with Gasteiger partial charge in [0, 0.05) is 5.39 Å². The third-order valence-electron chi connectivity index (χ3n) is 2.69. The number of carbonyl (C=O) groups excluding carboxylic acids is 1. The average molecular weight is 290 g/mol. The van der Waals surface area contributed by atoms with Gasteiger partial charge in [-0.25, -0.2) is 9.97 Å². The predicted molar refractivity (Wildman–Crippen MR) is 76.4 cm³/mol. The quantitative estimate of drug-likeness (QED) is 0.737. The van der Waals surface area contributed by atoms with E-state index in [4.69, 9.17) is 17.3 Å². The Morgan fingerprint density at radius 3 is 2.74 bits per heavy atom. The topological polar surface area (TPSA) is 68.9 Å². The van der Waals surface area contributed by atoms with Crippen molar-refractivity contribution >= 4 is 39.7 Å². The minimum atomic E-state index is -0.530. The fourth-order valence-corrected chi connectivity index (χ4v) is 2.72. The van der Waals surface area contributed by atoms with Gasteiger partial charge >= 0.3 is 0 Å². The molecule has 1 aromatic carbocycles. The number of amides is 1. The maximum Gasteiger partial charge on any atom is 0.250 e. The molecule has 0 aliphatic rings. The summed E-state index contributed by atoms with van der Waals surface area (Å²) in [5.74, 6) is -0.0290. The molecule has 0 saturated carbocycles. The maximum absolute atomic E-state index is 11.4. The molecule has 0 aliphatic heterocycles. The van der Waals surface area contributed by atoms with E-state index >= 15 is 0 Å². The van der Waals surface area contributed by atoms with Gasteiger partial charge in [-0.1, -0.05) is 23.7 Å². The minimum Gasteiger partial charge on any atom is -0.366 e. The number of fused-ring (bicyclic) bond motifs is 1. The lowest BCUT2D eigenvalue weighted by Crippen LogP contribution is -2.12. The van der Waals surface area contributed by atoms with Crippen molar-refractivity contribution in [2.75, 3.05) is 0 Å². The van der Waals surface area contributed by atoms with Crippen LogP contribution in [0.15, 0.2) is 35.7 Å². The molecule has 1 amide bonds. The molecule has 0 radical (unpaired) electrons. The molecule has 6 heteroatoms. The van der Waals surface area contributed by atoms with E-state index in [9.17, 15) is 4.79 Å². The van der Waals surface area contributed by atoms with Crippen molar-refractivity contribution < 1.29 is 4.79 Å². The molecule has 0 fully saturated rings. The van der Waals surface area contributed by atoms with Crippen LogP contribution >= 0.6 is 22.9 Å². The third kappa shape index (κ3) is 2.07. The molecule has 0 aliphatic carbocycles. The van der Waals surface area contributed by atoms with E-state index in [1.54, 1.807) is 18.2 Å². The standard InChI is InChI=1S/C13H8ClN3OS/c14-11-7-3-1-4-8(12(15)18)10(7)16-13(17-11)9-5-2-6-19-9/h1-6H,(H2,15,18). The lowest BCUT2D eigenvalue weighted by atomic mass is 10.1. The second-order valence-electron chi connectivity index (χ2n) is 3.88. The zero-order valence-corrected chi connectivity index (χ0v) is 11.2. The Labute approximate surface area is 117 Å². The molecule has 0 saturated heterocycles. The normalized spacial score (nSPS) is 10.8. The summed E-state index contributed by atoms with van der Waals surface area (Å²) in [6, 6.07) is 8.91. The number of halogens is 1. The monoisotopic (exact) mass is 289 g/mol. The Morgan fingerprint density at radius 1 is 1.21 bits per heavy atom. The molecule has 0 bridgehead atoms. The Balaban J connectivity index is 2.35. The summed E-state index contributed by atoms with van der Waals surface area (Å²) in [4.78, 5) is 21.0. The van der Waals surface area contributed by atoms with Gasteiger partial charge < -0.3 is 5.73 Å². The molecular weight excluding hydrogens is 282 g/mol. The van der Waals surface area contributed by atoms with Crippen LogP contribution in [0.5, 0.6) is 0 Å². The van der Waals surface area contributed by atoms with Gasteiger partial charge in [0.1, 0.15) is 5.15 Å². The molecule has 4 nitrogen and oxygen atoms in total. The molecule has 0 atom stereocenters. The van der Waals surface area contributed by atoms with Crippen LogP contribution in [0.25, 0.3) is 21.6 Å². The largest absolute Gasteiger partial charge is 0.366 e. The van der Waals surface area contributed by atoms with Crippen LogP contribution in [0.4, 0.5) is 0 Å². The van der Waals surface area contributed by atoms with Crippen LogP contribution in [0.3, 0.4) is 0 Å². The van der Waals surface area contributed by atoms with Gasteiger partial charge in [0.15, 0.2) is 5.82 Å². The Morgan fingerprint density at radius 2 is 2.05 bits per heavy atom. The summed E-state index contributed by atoms with van der Waals surface area (Å²) < 4.78 is 0. The summed E-state index contributed by atoms with van der Waals surface area (Å²) in [6.07, 6.45) is 0. The van der Waals surface area contributed by atoms with Crippen molar-refractivity contribution in [1.82, 2.24) is 9.97 Å². The van der Waals surface area contributed by atoms with Crippen LogP contribution in [-0.4, -0.2) is 15.9 Å². The first kappa shape index (κ1) is 12.1. The number of primary amides is 1. The highest BCUT2D eigenvalue weighted by atomic mass is 35.5. The second-order valence-corrected chi connectivity index (χ2v) is 5.19. The second kappa shape index (κ2) is 4.60. The molecule has 2 heterocycles. The average Bonchev–Trinajstić information content (AvgIpc) is 2.91.